The zero-order valence-corrected chi connectivity index (χ0v) is 17.4. The summed E-state index contributed by atoms with van der Waals surface area (Å²) in [5, 5.41) is 15.7. The van der Waals surface area contributed by atoms with Crippen LogP contribution in [0.4, 0.5) is 19.1 Å². The van der Waals surface area contributed by atoms with Crippen LogP contribution in [0.3, 0.4) is 0 Å². The molecule has 9 nitrogen and oxygen atoms in total. The second-order valence-corrected chi connectivity index (χ2v) is 7.28. The molecule has 2 aromatic heterocycles. The minimum atomic E-state index is -4.58. The predicted octanol–water partition coefficient (Wildman–Crippen LogP) is 2.57. The second kappa shape index (κ2) is 8.54. The number of imidazole rings is 1. The third-order valence-electron chi connectivity index (χ3n) is 5.05. The second-order valence-electron chi connectivity index (χ2n) is 7.28. The normalized spacial score (nSPS) is 11.8. The molecule has 1 amide bonds. The van der Waals surface area contributed by atoms with E-state index >= 15 is 0 Å². The highest BCUT2D eigenvalue weighted by molar-refractivity contribution is 6.04. The van der Waals surface area contributed by atoms with Crippen molar-refractivity contribution in [1.29, 1.82) is 0 Å². The summed E-state index contributed by atoms with van der Waals surface area (Å²) in [5.74, 6) is -0.651. The SMILES string of the molecule is Cn1ncn(-c2ccc3c(c2)nc(NC(=O)c2cccc(C(F)(F)F)c2)n3CCCO)c1=O. The monoisotopic (exact) mass is 460 g/mol. The van der Waals surface area contributed by atoms with Gasteiger partial charge in [0.25, 0.3) is 5.91 Å². The topological polar surface area (TPSA) is 107 Å². The standard InChI is InChI=1S/C21H19F3N6O3/c1-28-20(33)30(12-25-28)15-6-7-17-16(11-15)26-19(29(17)8-3-9-31)27-18(32)13-4-2-5-14(10-13)21(22,23)24/h2,4-7,10-12,31H,3,8-9H2,1H3,(H,26,27,32). The molecule has 4 aromatic rings. The van der Waals surface area contributed by atoms with Gasteiger partial charge in [0.2, 0.25) is 5.95 Å². The molecule has 0 aliphatic heterocycles. The fourth-order valence-corrected chi connectivity index (χ4v) is 3.39. The first kappa shape index (κ1) is 22.3. The summed E-state index contributed by atoms with van der Waals surface area (Å²) in [6, 6.07) is 9.10. The summed E-state index contributed by atoms with van der Waals surface area (Å²) < 4.78 is 43.2. The zero-order valence-electron chi connectivity index (χ0n) is 17.4. The van der Waals surface area contributed by atoms with E-state index in [0.717, 1.165) is 18.2 Å². The zero-order chi connectivity index (χ0) is 23.8. The van der Waals surface area contributed by atoms with Gasteiger partial charge in [-0.05, 0) is 42.8 Å². The average Bonchev–Trinajstić information content (AvgIpc) is 3.30. The molecular formula is C21H19F3N6O3. The van der Waals surface area contributed by atoms with Crippen molar-refractivity contribution in [2.75, 3.05) is 11.9 Å². The highest BCUT2D eigenvalue weighted by Gasteiger charge is 2.31. The van der Waals surface area contributed by atoms with Crippen molar-refractivity contribution in [2.24, 2.45) is 7.05 Å². The molecule has 4 rings (SSSR count). The van der Waals surface area contributed by atoms with Crippen LogP contribution in [0.25, 0.3) is 16.7 Å². The predicted molar refractivity (Wildman–Crippen MR) is 113 cm³/mol. The number of amides is 1. The molecule has 0 atom stereocenters. The third kappa shape index (κ3) is 4.37. The van der Waals surface area contributed by atoms with Crippen LogP contribution >= 0.6 is 0 Å². The Bertz CT molecular complexity index is 1390. The lowest BCUT2D eigenvalue weighted by atomic mass is 10.1. The summed E-state index contributed by atoms with van der Waals surface area (Å²) in [6.45, 7) is 0.196. The Morgan fingerprint density at radius 1 is 1.18 bits per heavy atom. The van der Waals surface area contributed by atoms with Crippen LogP contribution in [0, 0.1) is 0 Å². The van der Waals surface area contributed by atoms with E-state index in [1.807, 2.05) is 0 Å². The van der Waals surface area contributed by atoms with Crippen LogP contribution in [0.1, 0.15) is 22.3 Å². The fraction of sp³-hybridized carbons (Fsp3) is 0.238. The Kier molecular flexibility index (Phi) is 5.77. The van der Waals surface area contributed by atoms with Gasteiger partial charge >= 0.3 is 11.9 Å². The Hall–Kier alpha value is -3.93. The van der Waals surface area contributed by atoms with Gasteiger partial charge in [0.05, 0.1) is 22.3 Å². The van der Waals surface area contributed by atoms with Gasteiger partial charge in [-0.2, -0.15) is 18.3 Å². The van der Waals surface area contributed by atoms with Gasteiger partial charge in [-0.1, -0.05) is 6.07 Å². The number of nitrogens with zero attached hydrogens (tertiary/aromatic N) is 5. The number of alkyl halides is 3. The van der Waals surface area contributed by atoms with Crippen LogP contribution < -0.4 is 11.0 Å². The molecule has 12 heteroatoms. The summed E-state index contributed by atoms with van der Waals surface area (Å²) >= 11 is 0. The molecule has 0 saturated carbocycles. The molecule has 0 spiro atoms. The number of anilines is 1. The molecule has 0 saturated heterocycles. The third-order valence-corrected chi connectivity index (χ3v) is 5.05. The number of nitrogens with one attached hydrogen (secondary N) is 1. The van der Waals surface area contributed by atoms with Crippen LogP contribution in [0.5, 0.6) is 0 Å². The minimum Gasteiger partial charge on any atom is -0.396 e. The van der Waals surface area contributed by atoms with E-state index in [1.54, 1.807) is 22.8 Å². The molecular weight excluding hydrogens is 441 g/mol. The van der Waals surface area contributed by atoms with Gasteiger partial charge in [-0.25, -0.2) is 19.0 Å². The highest BCUT2D eigenvalue weighted by atomic mass is 19.4. The smallest absolute Gasteiger partial charge is 0.396 e. The Morgan fingerprint density at radius 3 is 2.64 bits per heavy atom. The molecule has 33 heavy (non-hydrogen) atoms. The van der Waals surface area contributed by atoms with Crippen molar-refractivity contribution in [3.63, 3.8) is 0 Å². The van der Waals surface area contributed by atoms with Crippen molar-refractivity contribution in [3.8, 4) is 5.69 Å². The maximum absolute atomic E-state index is 13.0. The molecule has 2 N–H and O–H groups in total. The van der Waals surface area contributed by atoms with Crippen LogP contribution in [0.15, 0.2) is 53.6 Å². The number of hydrogen-bond acceptors (Lipinski definition) is 5. The Labute approximate surface area is 184 Å². The molecule has 0 aliphatic carbocycles. The number of aliphatic hydroxyl groups excluding tert-OH is 1. The van der Waals surface area contributed by atoms with E-state index in [4.69, 9.17) is 0 Å². The molecule has 2 aromatic carbocycles. The number of aromatic nitrogens is 5. The lowest BCUT2D eigenvalue weighted by Crippen LogP contribution is -2.21. The lowest BCUT2D eigenvalue weighted by molar-refractivity contribution is -0.137. The molecule has 172 valence electrons. The first-order valence-electron chi connectivity index (χ1n) is 9.90. The number of carbonyl (C=O) groups is 1. The van der Waals surface area contributed by atoms with E-state index < -0.39 is 17.6 Å². The van der Waals surface area contributed by atoms with E-state index in [9.17, 15) is 27.9 Å². The van der Waals surface area contributed by atoms with Crippen LogP contribution in [-0.2, 0) is 19.8 Å². The average molecular weight is 460 g/mol. The van der Waals surface area contributed by atoms with Gasteiger partial charge in [-0.3, -0.25) is 10.1 Å². The van der Waals surface area contributed by atoms with E-state index in [-0.39, 0.29) is 23.8 Å². The molecule has 0 radical (unpaired) electrons. The Morgan fingerprint density at radius 2 is 1.97 bits per heavy atom. The molecule has 2 heterocycles. The number of halogens is 3. The molecule has 0 fully saturated rings. The summed E-state index contributed by atoms with van der Waals surface area (Å²) in [6.07, 6.45) is -2.85. The highest BCUT2D eigenvalue weighted by Crippen LogP contribution is 2.30. The maximum atomic E-state index is 13.0. The van der Waals surface area contributed by atoms with Gasteiger partial charge < -0.3 is 9.67 Å². The van der Waals surface area contributed by atoms with Gasteiger partial charge in [0.15, 0.2) is 0 Å². The number of carbonyl (C=O) groups excluding carboxylic acids is 1. The maximum Gasteiger partial charge on any atom is 0.416 e. The summed E-state index contributed by atoms with van der Waals surface area (Å²) in [4.78, 5) is 29.3. The van der Waals surface area contributed by atoms with Crippen LogP contribution in [0.2, 0.25) is 0 Å². The summed E-state index contributed by atoms with van der Waals surface area (Å²) in [5.41, 5.74) is 0.1000. The van der Waals surface area contributed by atoms with E-state index in [2.05, 4.69) is 15.4 Å². The van der Waals surface area contributed by atoms with Gasteiger partial charge in [0, 0.05) is 25.8 Å². The van der Waals surface area contributed by atoms with E-state index in [1.165, 1.54) is 28.7 Å². The summed E-state index contributed by atoms with van der Waals surface area (Å²) in [7, 11) is 1.52. The van der Waals surface area contributed by atoms with Crippen molar-refractivity contribution in [3.05, 3.63) is 70.4 Å². The number of aliphatic hydroxyl groups is 1. The van der Waals surface area contributed by atoms with Gasteiger partial charge in [0.1, 0.15) is 6.33 Å². The number of aryl methyl sites for hydroxylation is 2. The number of hydrogen-bond donors (Lipinski definition) is 2. The first-order valence-corrected chi connectivity index (χ1v) is 9.90. The van der Waals surface area contributed by atoms with Crippen molar-refractivity contribution < 1.29 is 23.1 Å². The molecule has 0 unspecified atom stereocenters. The van der Waals surface area contributed by atoms with Crippen molar-refractivity contribution >= 4 is 22.9 Å². The van der Waals surface area contributed by atoms with Gasteiger partial charge in [-0.15, -0.1) is 0 Å². The fourth-order valence-electron chi connectivity index (χ4n) is 3.39. The van der Waals surface area contributed by atoms with Crippen LogP contribution in [-0.4, -0.2) is 41.5 Å². The minimum absolute atomic E-state index is 0.107. The quantitative estimate of drug-likeness (QED) is 0.460. The Balaban J connectivity index is 1.72. The first-order chi connectivity index (χ1) is 15.7. The van der Waals surface area contributed by atoms with Crippen molar-refractivity contribution in [2.45, 2.75) is 19.1 Å². The molecule has 0 aliphatic rings. The number of rotatable bonds is 6. The van der Waals surface area contributed by atoms with Crippen molar-refractivity contribution in [1.82, 2.24) is 23.9 Å². The van der Waals surface area contributed by atoms with E-state index in [0.29, 0.717) is 29.7 Å². The largest absolute Gasteiger partial charge is 0.416 e. The lowest BCUT2D eigenvalue weighted by Gasteiger charge is -2.11. The molecule has 0 bridgehead atoms. The number of fused-ring (bicyclic) bond motifs is 1. The number of benzene rings is 2.